The highest BCUT2D eigenvalue weighted by atomic mass is 35.5. The largest absolute Gasteiger partial charge is 0.619 e. The molecule has 14 heteroatoms. The number of carboxylic acid groups (broad SMARTS) is 1. The summed E-state index contributed by atoms with van der Waals surface area (Å²) in [6.07, 6.45) is 5.23. The van der Waals surface area contributed by atoms with Crippen molar-refractivity contribution < 1.29 is 42.4 Å². The van der Waals surface area contributed by atoms with E-state index in [2.05, 4.69) is 4.90 Å². The van der Waals surface area contributed by atoms with Crippen LogP contribution in [0.4, 0.5) is 19.3 Å². The Morgan fingerprint density at radius 2 is 1.69 bits per heavy atom. The third-order valence-corrected chi connectivity index (χ3v) is 11.1. The van der Waals surface area contributed by atoms with Crippen LogP contribution in [0.3, 0.4) is 0 Å². The third-order valence-electron chi connectivity index (χ3n) is 10.5. The Morgan fingerprint density at radius 1 is 0.963 bits per heavy atom. The van der Waals surface area contributed by atoms with E-state index in [0.717, 1.165) is 51.2 Å². The van der Waals surface area contributed by atoms with E-state index in [1.54, 1.807) is 48.5 Å². The summed E-state index contributed by atoms with van der Waals surface area (Å²) in [4.78, 5) is 31.0. The Kier molecular flexibility index (Phi) is 11.4. The van der Waals surface area contributed by atoms with Gasteiger partial charge in [0.1, 0.15) is 16.1 Å². The van der Waals surface area contributed by atoms with Gasteiger partial charge in [-0.3, -0.25) is 9.80 Å². The van der Waals surface area contributed by atoms with Gasteiger partial charge in [0.05, 0.1) is 18.7 Å². The van der Waals surface area contributed by atoms with Crippen LogP contribution < -0.4 is 19.1 Å². The summed E-state index contributed by atoms with van der Waals surface area (Å²) in [5, 5.41) is 23.0. The molecule has 3 saturated heterocycles. The lowest BCUT2D eigenvalue weighted by Gasteiger charge is -2.44. The number of carbonyl (C=O) groups excluding carboxylic acids is 1. The lowest BCUT2D eigenvalue weighted by molar-refractivity contribution is -0.605. The monoisotopic (exact) mass is 781 g/mol. The van der Waals surface area contributed by atoms with Gasteiger partial charge >= 0.3 is 18.7 Å². The molecule has 1 amide bonds. The molecule has 3 aliphatic heterocycles. The standard InChI is InChI=1S/C40H39Cl2F2N3O7/c41-32-20-46(51)21-33(42)31(32)18-30(26-11-12-34(53-39(43)44)35(17-26)52-23-24-9-10-24)37-27(5-4-8-29(37)38(48)49)19-47(28-6-2-1-3-7-28)40(50)54-36-22-45-15-13-25(36)14-16-45/h1-8,11-12,17,20-21,24-25,30,36,39H,9-10,13-16,18-19,22-23H2,(H,48,49)/t30-,36-/m0/s1. The third kappa shape index (κ3) is 8.66. The van der Waals surface area contributed by atoms with Gasteiger partial charge in [0.25, 0.3) is 0 Å². The number of hydrogen-bond donors (Lipinski definition) is 1. The smallest absolute Gasteiger partial charge is 0.414 e. The second-order valence-electron chi connectivity index (χ2n) is 14.1. The van der Waals surface area contributed by atoms with Gasteiger partial charge in [-0.1, -0.05) is 59.6 Å². The number of nitrogens with zero attached hydrogens (tertiary/aromatic N) is 3. The fourth-order valence-corrected chi connectivity index (χ4v) is 8.08. The van der Waals surface area contributed by atoms with Crippen LogP contribution in [0.1, 0.15) is 64.2 Å². The number of carboxylic acids is 1. The zero-order valence-electron chi connectivity index (χ0n) is 29.2. The molecular weight excluding hydrogens is 743 g/mol. The maximum atomic E-state index is 14.2. The number of ether oxygens (including phenoxy) is 3. The molecule has 0 radical (unpaired) electrons. The highest BCUT2D eigenvalue weighted by molar-refractivity contribution is 6.35. The molecule has 0 spiro atoms. The number of halogens is 4. The fraction of sp³-hybridized carbons (Fsp3) is 0.375. The molecule has 1 aromatic heterocycles. The molecule has 2 bridgehead atoms. The van der Waals surface area contributed by atoms with Crippen LogP contribution in [-0.2, 0) is 17.7 Å². The van der Waals surface area contributed by atoms with E-state index >= 15 is 0 Å². The first-order chi connectivity index (χ1) is 26.0. The van der Waals surface area contributed by atoms with Gasteiger partial charge in [0.15, 0.2) is 23.9 Å². The second kappa shape index (κ2) is 16.4. The molecule has 1 saturated carbocycles. The number of amides is 1. The van der Waals surface area contributed by atoms with Crippen LogP contribution in [-0.4, -0.2) is 61.0 Å². The molecule has 0 unspecified atom stereocenters. The number of carbonyl (C=O) groups is 2. The van der Waals surface area contributed by atoms with Crippen molar-refractivity contribution in [3.8, 4) is 11.5 Å². The van der Waals surface area contributed by atoms with E-state index in [9.17, 15) is 28.7 Å². The number of aromatic carboxylic acids is 1. The first-order valence-electron chi connectivity index (χ1n) is 17.9. The van der Waals surface area contributed by atoms with Crippen LogP contribution >= 0.6 is 23.2 Å². The lowest BCUT2D eigenvalue weighted by Crippen LogP contribution is -2.53. The molecule has 4 heterocycles. The van der Waals surface area contributed by atoms with Gasteiger partial charge in [-0.15, -0.1) is 0 Å². The number of piperidine rings is 3. The van der Waals surface area contributed by atoms with E-state index in [1.165, 1.54) is 17.0 Å². The predicted molar refractivity (Wildman–Crippen MR) is 198 cm³/mol. The highest BCUT2D eigenvalue weighted by Crippen LogP contribution is 2.42. The maximum Gasteiger partial charge on any atom is 0.414 e. The first kappa shape index (κ1) is 37.7. The van der Waals surface area contributed by atoms with E-state index in [-0.39, 0.29) is 64.6 Å². The van der Waals surface area contributed by atoms with Crippen molar-refractivity contribution in [2.45, 2.75) is 57.3 Å². The Morgan fingerprint density at radius 3 is 2.31 bits per heavy atom. The number of pyridine rings is 1. The number of rotatable bonds is 14. The van der Waals surface area contributed by atoms with Crippen molar-refractivity contribution in [3.63, 3.8) is 0 Å². The SMILES string of the molecule is O=C(O)c1cccc(CN(C(=O)O[C@H]2CN3CCC2CC3)c2ccccc2)c1[C@@H](Cc1c(Cl)c[n+]([O-])cc1Cl)c1ccc(OC(F)F)c(OCC2CC2)c1. The quantitative estimate of drug-likeness (QED) is 0.100. The fourth-order valence-electron chi connectivity index (χ4n) is 7.48. The van der Waals surface area contributed by atoms with Crippen molar-refractivity contribution in [1.29, 1.82) is 0 Å². The summed E-state index contributed by atoms with van der Waals surface area (Å²) in [6, 6.07) is 18.3. The van der Waals surface area contributed by atoms with Crippen LogP contribution in [0, 0.1) is 17.0 Å². The molecular formula is C40H39Cl2F2N3O7. The van der Waals surface area contributed by atoms with E-state index in [0.29, 0.717) is 39.2 Å². The highest BCUT2D eigenvalue weighted by Gasteiger charge is 2.38. The molecule has 1 aliphatic carbocycles. The second-order valence-corrected chi connectivity index (χ2v) is 14.9. The van der Waals surface area contributed by atoms with Crippen molar-refractivity contribution >= 4 is 41.0 Å². The van der Waals surface area contributed by atoms with Gasteiger partial charge in [-0.05, 0) is 104 Å². The molecule has 4 aliphatic rings. The lowest BCUT2D eigenvalue weighted by atomic mass is 9.80. The molecule has 10 nitrogen and oxygen atoms in total. The topological polar surface area (TPSA) is 115 Å². The summed E-state index contributed by atoms with van der Waals surface area (Å²) in [7, 11) is 0. The Balaban J connectivity index is 1.34. The number of anilines is 1. The molecule has 3 aromatic carbocycles. The normalized spacial score (nSPS) is 19.7. The summed E-state index contributed by atoms with van der Waals surface area (Å²) < 4.78 is 44.5. The van der Waals surface area contributed by atoms with Crippen LogP contribution in [0.15, 0.2) is 79.1 Å². The van der Waals surface area contributed by atoms with Gasteiger partial charge in [-0.2, -0.15) is 13.5 Å². The van der Waals surface area contributed by atoms with Crippen LogP contribution in [0.5, 0.6) is 11.5 Å². The minimum Gasteiger partial charge on any atom is -0.619 e. The average Bonchev–Trinajstić information content (AvgIpc) is 3.99. The number of hydrogen-bond acceptors (Lipinski definition) is 7. The van der Waals surface area contributed by atoms with Crippen LogP contribution in [0.25, 0.3) is 0 Å². The summed E-state index contributed by atoms with van der Waals surface area (Å²) in [5.41, 5.74) is 2.12. The zero-order valence-corrected chi connectivity index (χ0v) is 30.7. The Bertz CT molecular complexity index is 1970. The van der Waals surface area contributed by atoms with Crippen LogP contribution in [0.2, 0.25) is 10.0 Å². The predicted octanol–water partition coefficient (Wildman–Crippen LogP) is 8.33. The summed E-state index contributed by atoms with van der Waals surface area (Å²) in [6.45, 7) is -0.302. The molecule has 1 N–H and O–H groups in total. The van der Waals surface area contributed by atoms with Crippen molar-refractivity contribution in [3.05, 3.63) is 122 Å². The zero-order chi connectivity index (χ0) is 37.9. The number of alkyl halides is 2. The molecule has 4 fully saturated rings. The average molecular weight is 783 g/mol. The molecule has 54 heavy (non-hydrogen) atoms. The van der Waals surface area contributed by atoms with Gasteiger partial charge in [-0.25, -0.2) is 9.59 Å². The molecule has 284 valence electrons. The Hall–Kier alpha value is -4.65. The van der Waals surface area contributed by atoms with Gasteiger partial charge in [0, 0.05) is 23.7 Å². The van der Waals surface area contributed by atoms with E-state index in [1.807, 2.05) is 6.07 Å². The minimum atomic E-state index is -3.11. The van der Waals surface area contributed by atoms with Gasteiger partial charge in [0.2, 0.25) is 0 Å². The number of benzene rings is 3. The number of aromatic nitrogens is 1. The maximum absolute atomic E-state index is 14.2. The van der Waals surface area contributed by atoms with Gasteiger partial charge < -0.3 is 24.5 Å². The van der Waals surface area contributed by atoms with Crippen molar-refractivity contribution in [1.82, 2.24) is 4.90 Å². The molecule has 2 atom stereocenters. The van der Waals surface area contributed by atoms with Crippen molar-refractivity contribution in [2.75, 3.05) is 31.1 Å². The Labute approximate surface area is 321 Å². The molecule has 8 rings (SSSR count). The van der Waals surface area contributed by atoms with Crippen molar-refractivity contribution in [2.24, 2.45) is 11.8 Å². The number of fused-ring (bicyclic) bond motifs is 3. The van der Waals surface area contributed by atoms with E-state index in [4.69, 9.17) is 37.4 Å². The minimum absolute atomic E-state index is 0.0116. The first-order valence-corrected chi connectivity index (χ1v) is 18.7. The van der Waals surface area contributed by atoms with E-state index < -0.39 is 24.6 Å². The summed E-state index contributed by atoms with van der Waals surface area (Å²) in [5.74, 6) is -1.66. The number of para-hydroxylation sites is 1. The summed E-state index contributed by atoms with van der Waals surface area (Å²) >= 11 is 13.2. The molecule has 4 aromatic rings.